The van der Waals surface area contributed by atoms with E-state index in [4.69, 9.17) is 0 Å². The molecule has 0 fully saturated rings. The minimum Gasteiger partial charge on any atom is -0.389 e. The molecule has 0 saturated carbocycles. The van der Waals surface area contributed by atoms with Crippen LogP contribution in [0.3, 0.4) is 0 Å². The molecule has 1 aromatic heterocycles. The number of hydrogen-bond donors (Lipinski definition) is 4. The number of nitrogens with one attached hydrogen (secondary N) is 2. The Kier molecular flexibility index (Phi) is 4.41. The Hall–Kier alpha value is -1.24. The number of anilines is 1. The molecule has 0 aromatic carbocycles. The molecule has 2 unspecified atom stereocenters. The van der Waals surface area contributed by atoms with Gasteiger partial charge in [0.05, 0.1) is 6.10 Å². The lowest BCUT2D eigenvalue weighted by Crippen LogP contribution is -2.29. The van der Waals surface area contributed by atoms with Crippen LogP contribution in [-0.2, 0) is 0 Å². The number of aliphatic hydroxyl groups is 2. The summed E-state index contributed by atoms with van der Waals surface area (Å²) in [4.78, 5) is 7.89. The second-order valence-electron chi connectivity index (χ2n) is 3.16. The van der Waals surface area contributed by atoms with Gasteiger partial charge in [-0.3, -0.25) is 0 Å². The lowest BCUT2D eigenvalue weighted by Gasteiger charge is -2.17. The summed E-state index contributed by atoms with van der Waals surface area (Å²) < 4.78 is 0. The van der Waals surface area contributed by atoms with Gasteiger partial charge in [0.15, 0.2) is 0 Å². The van der Waals surface area contributed by atoms with Gasteiger partial charge >= 0.3 is 0 Å². The monoisotopic (exact) mass is 212 g/mol. The summed E-state index contributed by atoms with van der Waals surface area (Å²) >= 11 is 0. The Bertz CT molecular complexity index is 291. The average Bonchev–Trinajstić information content (AvgIpc) is 2.28. The van der Waals surface area contributed by atoms with E-state index >= 15 is 0 Å². The van der Waals surface area contributed by atoms with Gasteiger partial charge in [-0.15, -0.1) is 0 Å². The molecule has 84 valence electrons. The van der Waals surface area contributed by atoms with E-state index in [2.05, 4.69) is 20.6 Å². The standard InChI is InChI=1S/C9H16N4O2/c1-10-5-7(14)8(15)6-3-12-9(11-2)13-4-6/h3-4,7-8,10,14-15H,5H2,1-2H3,(H,11,12,13). The lowest BCUT2D eigenvalue weighted by molar-refractivity contribution is 0.0198. The molecule has 0 spiro atoms. The molecule has 0 amide bonds. The third-order valence-corrected chi connectivity index (χ3v) is 2.01. The van der Waals surface area contributed by atoms with Gasteiger partial charge < -0.3 is 20.8 Å². The first kappa shape index (κ1) is 11.8. The zero-order valence-corrected chi connectivity index (χ0v) is 8.81. The van der Waals surface area contributed by atoms with Crippen LogP contribution in [0.25, 0.3) is 0 Å². The third kappa shape index (κ3) is 3.12. The van der Waals surface area contributed by atoms with Crippen molar-refractivity contribution in [3.63, 3.8) is 0 Å². The van der Waals surface area contributed by atoms with Crippen molar-refractivity contribution in [3.8, 4) is 0 Å². The molecule has 1 aromatic rings. The van der Waals surface area contributed by atoms with Gasteiger partial charge in [-0.2, -0.15) is 0 Å². The Morgan fingerprint density at radius 1 is 1.27 bits per heavy atom. The molecular weight excluding hydrogens is 196 g/mol. The zero-order valence-electron chi connectivity index (χ0n) is 8.81. The third-order valence-electron chi connectivity index (χ3n) is 2.01. The number of likely N-dealkylation sites (N-methyl/N-ethyl adjacent to an activating group) is 1. The van der Waals surface area contributed by atoms with Gasteiger partial charge in [-0.1, -0.05) is 0 Å². The molecule has 0 radical (unpaired) electrons. The first-order valence-corrected chi connectivity index (χ1v) is 4.69. The zero-order chi connectivity index (χ0) is 11.3. The van der Waals surface area contributed by atoms with Crippen molar-refractivity contribution in [2.75, 3.05) is 26.0 Å². The highest BCUT2D eigenvalue weighted by Crippen LogP contribution is 2.15. The molecule has 15 heavy (non-hydrogen) atoms. The Morgan fingerprint density at radius 2 is 1.87 bits per heavy atom. The quantitative estimate of drug-likeness (QED) is 0.507. The topological polar surface area (TPSA) is 90.3 Å². The van der Waals surface area contributed by atoms with Gasteiger partial charge in [-0.25, -0.2) is 9.97 Å². The SMILES string of the molecule is CNCC(O)C(O)c1cnc(NC)nc1. The Balaban J connectivity index is 2.69. The van der Waals surface area contributed by atoms with E-state index in [1.54, 1.807) is 14.1 Å². The van der Waals surface area contributed by atoms with E-state index in [-0.39, 0.29) is 0 Å². The number of aliphatic hydroxyl groups excluding tert-OH is 2. The van der Waals surface area contributed by atoms with E-state index in [1.165, 1.54) is 12.4 Å². The molecular formula is C9H16N4O2. The molecule has 1 heterocycles. The maximum atomic E-state index is 9.69. The van der Waals surface area contributed by atoms with Crippen LogP contribution in [-0.4, -0.2) is 46.9 Å². The first-order chi connectivity index (χ1) is 7.19. The van der Waals surface area contributed by atoms with Crippen molar-refractivity contribution in [1.29, 1.82) is 0 Å². The van der Waals surface area contributed by atoms with E-state index in [0.717, 1.165) is 0 Å². The summed E-state index contributed by atoms with van der Waals surface area (Å²) in [5.41, 5.74) is 0.497. The molecule has 2 atom stereocenters. The lowest BCUT2D eigenvalue weighted by atomic mass is 10.1. The van der Waals surface area contributed by atoms with Crippen molar-refractivity contribution < 1.29 is 10.2 Å². The van der Waals surface area contributed by atoms with Crippen molar-refractivity contribution in [3.05, 3.63) is 18.0 Å². The summed E-state index contributed by atoms with van der Waals surface area (Å²) in [6, 6.07) is 0. The molecule has 6 nitrogen and oxygen atoms in total. The van der Waals surface area contributed by atoms with Crippen LogP contribution in [0.15, 0.2) is 12.4 Å². The molecule has 0 aliphatic carbocycles. The average molecular weight is 212 g/mol. The van der Waals surface area contributed by atoms with Crippen LogP contribution in [0.1, 0.15) is 11.7 Å². The smallest absolute Gasteiger partial charge is 0.222 e. The number of nitrogens with zero attached hydrogens (tertiary/aromatic N) is 2. The summed E-state index contributed by atoms with van der Waals surface area (Å²) in [5, 5.41) is 24.8. The largest absolute Gasteiger partial charge is 0.389 e. The summed E-state index contributed by atoms with van der Waals surface area (Å²) in [6.45, 7) is 0.314. The summed E-state index contributed by atoms with van der Waals surface area (Å²) in [7, 11) is 3.41. The van der Waals surface area contributed by atoms with Crippen molar-refractivity contribution in [2.24, 2.45) is 0 Å². The molecule has 0 saturated heterocycles. The fraction of sp³-hybridized carbons (Fsp3) is 0.556. The summed E-state index contributed by atoms with van der Waals surface area (Å²) in [5.74, 6) is 0.481. The van der Waals surface area contributed by atoms with Gasteiger partial charge in [0.1, 0.15) is 6.10 Å². The van der Waals surface area contributed by atoms with E-state index < -0.39 is 12.2 Å². The maximum Gasteiger partial charge on any atom is 0.222 e. The van der Waals surface area contributed by atoms with E-state index in [9.17, 15) is 10.2 Å². The predicted octanol–water partition coefficient (Wildman–Crippen LogP) is -0.868. The van der Waals surface area contributed by atoms with Crippen molar-refractivity contribution >= 4 is 5.95 Å². The fourth-order valence-corrected chi connectivity index (χ4v) is 1.16. The predicted molar refractivity (Wildman–Crippen MR) is 56.5 cm³/mol. The second-order valence-corrected chi connectivity index (χ2v) is 3.16. The molecule has 0 aliphatic rings. The summed E-state index contributed by atoms with van der Waals surface area (Å²) in [6.07, 6.45) is 1.15. The van der Waals surface area contributed by atoms with E-state index in [0.29, 0.717) is 18.1 Å². The Labute approximate surface area is 88.4 Å². The normalized spacial score (nSPS) is 14.7. The highest BCUT2D eigenvalue weighted by Gasteiger charge is 2.18. The minimum absolute atomic E-state index is 0.314. The molecule has 0 bridgehead atoms. The first-order valence-electron chi connectivity index (χ1n) is 4.69. The maximum absolute atomic E-state index is 9.69. The highest BCUT2D eigenvalue weighted by molar-refractivity contribution is 5.24. The number of aromatic nitrogens is 2. The molecule has 1 rings (SSSR count). The van der Waals surface area contributed by atoms with Crippen LogP contribution in [0.5, 0.6) is 0 Å². The number of hydrogen-bond acceptors (Lipinski definition) is 6. The van der Waals surface area contributed by atoms with Crippen LogP contribution in [0.2, 0.25) is 0 Å². The second kappa shape index (κ2) is 5.59. The van der Waals surface area contributed by atoms with Crippen LogP contribution in [0.4, 0.5) is 5.95 Å². The minimum atomic E-state index is -0.969. The highest BCUT2D eigenvalue weighted by atomic mass is 16.3. The molecule has 4 N–H and O–H groups in total. The Morgan fingerprint density at radius 3 is 2.33 bits per heavy atom. The van der Waals surface area contributed by atoms with Gasteiger partial charge in [-0.05, 0) is 7.05 Å². The molecule has 0 aliphatic heterocycles. The number of rotatable bonds is 5. The fourth-order valence-electron chi connectivity index (χ4n) is 1.16. The van der Waals surface area contributed by atoms with Crippen molar-refractivity contribution in [1.82, 2.24) is 15.3 Å². The van der Waals surface area contributed by atoms with E-state index in [1.807, 2.05) is 0 Å². The molecule has 6 heteroatoms. The van der Waals surface area contributed by atoms with Crippen LogP contribution < -0.4 is 10.6 Å². The van der Waals surface area contributed by atoms with Crippen LogP contribution >= 0.6 is 0 Å². The van der Waals surface area contributed by atoms with Crippen LogP contribution in [0, 0.1) is 0 Å². The van der Waals surface area contributed by atoms with Crippen molar-refractivity contribution in [2.45, 2.75) is 12.2 Å². The van der Waals surface area contributed by atoms with Gasteiger partial charge in [0, 0.05) is 31.5 Å². The van der Waals surface area contributed by atoms with Gasteiger partial charge in [0.25, 0.3) is 0 Å². The van der Waals surface area contributed by atoms with Gasteiger partial charge in [0.2, 0.25) is 5.95 Å².